The van der Waals surface area contributed by atoms with Gasteiger partial charge in [0.1, 0.15) is 0 Å². The van der Waals surface area contributed by atoms with Crippen molar-refractivity contribution in [3.63, 3.8) is 0 Å². The minimum Gasteiger partial charge on any atom is -0.459 e. The van der Waals surface area contributed by atoms with Gasteiger partial charge in [-0.1, -0.05) is 0 Å². The van der Waals surface area contributed by atoms with E-state index in [1.165, 1.54) is 0 Å². The number of hydrogen-bond donors (Lipinski definition) is 1. The first-order chi connectivity index (χ1) is 10.8. The molecule has 0 spiro atoms. The van der Waals surface area contributed by atoms with E-state index in [0.29, 0.717) is 24.3 Å². The van der Waals surface area contributed by atoms with Crippen LogP contribution >= 0.6 is 0 Å². The van der Waals surface area contributed by atoms with Crippen molar-refractivity contribution in [3.8, 4) is 0 Å². The van der Waals surface area contributed by atoms with Crippen LogP contribution in [0.15, 0.2) is 16.7 Å². The van der Waals surface area contributed by atoms with E-state index in [4.69, 9.17) is 13.9 Å². The third-order valence-corrected chi connectivity index (χ3v) is 4.56. The van der Waals surface area contributed by atoms with Crippen LogP contribution in [0.5, 0.6) is 0 Å². The molecule has 0 aromatic carbocycles. The van der Waals surface area contributed by atoms with Crippen LogP contribution in [0.4, 0.5) is 0 Å². The normalized spacial score (nSPS) is 24.3. The average Bonchev–Trinajstić information content (AvgIpc) is 3.20. The highest BCUT2D eigenvalue weighted by atomic mass is 16.5. The van der Waals surface area contributed by atoms with Gasteiger partial charge in [0.2, 0.25) is 0 Å². The number of amides is 1. The van der Waals surface area contributed by atoms with Crippen molar-refractivity contribution in [1.29, 1.82) is 0 Å². The summed E-state index contributed by atoms with van der Waals surface area (Å²) in [4.78, 5) is 14.7. The zero-order valence-electron chi connectivity index (χ0n) is 13.0. The molecule has 2 aliphatic rings. The molecule has 2 fully saturated rings. The van der Waals surface area contributed by atoms with Gasteiger partial charge in [-0.2, -0.15) is 0 Å². The van der Waals surface area contributed by atoms with E-state index >= 15 is 0 Å². The summed E-state index contributed by atoms with van der Waals surface area (Å²) in [5.41, 5.74) is 0.865. The Labute approximate surface area is 130 Å². The van der Waals surface area contributed by atoms with Crippen LogP contribution in [0.25, 0.3) is 0 Å². The minimum absolute atomic E-state index is 0.139. The Morgan fingerprint density at radius 2 is 2.18 bits per heavy atom. The van der Waals surface area contributed by atoms with E-state index in [1.54, 1.807) is 12.3 Å². The van der Waals surface area contributed by atoms with Crippen molar-refractivity contribution in [3.05, 3.63) is 23.7 Å². The number of carbonyl (C=O) groups excluding carboxylic acids is 1. The fourth-order valence-corrected chi connectivity index (χ4v) is 3.24. The van der Waals surface area contributed by atoms with Gasteiger partial charge in [-0.05, 0) is 19.4 Å². The standard InChI is InChI=1S/C16H24N2O4/c1-12-2-7-22-15(12)16(19)17-10-14(13-3-6-21-11-13)18-4-8-20-9-5-18/h2,7,13-14H,3-6,8-11H2,1H3,(H,17,19)/t13-,14-/m0/s1. The number of nitrogens with one attached hydrogen (secondary N) is 1. The minimum atomic E-state index is -0.139. The lowest BCUT2D eigenvalue weighted by atomic mass is 9.97. The molecule has 122 valence electrons. The first-order valence-corrected chi connectivity index (χ1v) is 7.97. The smallest absolute Gasteiger partial charge is 0.287 e. The molecule has 2 atom stereocenters. The highest BCUT2D eigenvalue weighted by molar-refractivity contribution is 5.92. The Hall–Kier alpha value is -1.37. The van der Waals surface area contributed by atoms with Crippen LogP contribution in [0.2, 0.25) is 0 Å². The van der Waals surface area contributed by atoms with Crippen LogP contribution in [-0.4, -0.2) is 62.9 Å². The molecule has 0 unspecified atom stereocenters. The van der Waals surface area contributed by atoms with E-state index in [2.05, 4.69) is 10.2 Å². The van der Waals surface area contributed by atoms with Crippen LogP contribution in [0.1, 0.15) is 22.5 Å². The maximum atomic E-state index is 12.2. The highest BCUT2D eigenvalue weighted by Crippen LogP contribution is 2.22. The monoisotopic (exact) mass is 308 g/mol. The van der Waals surface area contributed by atoms with Gasteiger partial charge in [-0.15, -0.1) is 0 Å². The predicted octanol–water partition coefficient (Wildman–Crippen LogP) is 1.06. The van der Waals surface area contributed by atoms with E-state index in [1.807, 2.05) is 6.92 Å². The Morgan fingerprint density at radius 1 is 1.36 bits per heavy atom. The molecule has 0 radical (unpaired) electrons. The lowest BCUT2D eigenvalue weighted by molar-refractivity contribution is 0.00160. The SMILES string of the molecule is Cc1ccoc1C(=O)NC[C@@H]([C@H]1CCOC1)N1CCOCC1. The van der Waals surface area contributed by atoms with Crippen LogP contribution < -0.4 is 5.32 Å². The van der Waals surface area contributed by atoms with E-state index in [9.17, 15) is 4.79 Å². The first kappa shape index (κ1) is 15.5. The molecule has 3 rings (SSSR count). The number of carbonyl (C=O) groups is 1. The largest absolute Gasteiger partial charge is 0.459 e. The fraction of sp³-hybridized carbons (Fsp3) is 0.688. The summed E-state index contributed by atoms with van der Waals surface area (Å²) in [5.74, 6) is 0.735. The summed E-state index contributed by atoms with van der Waals surface area (Å²) in [6, 6.07) is 2.10. The molecular formula is C16H24N2O4. The van der Waals surface area contributed by atoms with Crippen molar-refractivity contribution in [1.82, 2.24) is 10.2 Å². The third-order valence-electron chi connectivity index (χ3n) is 4.56. The van der Waals surface area contributed by atoms with E-state index < -0.39 is 0 Å². The number of hydrogen-bond acceptors (Lipinski definition) is 5. The van der Waals surface area contributed by atoms with Crippen molar-refractivity contribution >= 4 is 5.91 Å². The maximum Gasteiger partial charge on any atom is 0.287 e. The van der Waals surface area contributed by atoms with Gasteiger partial charge in [-0.3, -0.25) is 9.69 Å². The quantitative estimate of drug-likeness (QED) is 0.881. The van der Waals surface area contributed by atoms with Crippen molar-refractivity contribution in [2.75, 3.05) is 46.1 Å². The first-order valence-electron chi connectivity index (χ1n) is 7.97. The van der Waals surface area contributed by atoms with Crippen LogP contribution in [-0.2, 0) is 9.47 Å². The Balaban J connectivity index is 1.62. The molecule has 2 aliphatic heterocycles. The summed E-state index contributed by atoms with van der Waals surface area (Å²) in [6.45, 7) is 7.43. The molecule has 0 bridgehead atoms. The van der Waals surface area contributed by atoms with Crippen molar-refractivity contribution in [2.24, 2.45) is 5.92 Å². The lowest BCUT2D eigenvalue weighted by Gasteiger charge is -2.37. The summed E-state index contributed by atoms with van der Waals surface area (Å²) < 4.78 is 16.2. The number of furan rings is 1. The van der Waals surface area contributed by atoms with E-state index in [-0.39, 0.29) is 5.91 Å². The molecule has 6 nitrogen and oxygen atoms in total. The molecule has 2 saturated heterocycles. The number of rotatable bonds is 5. The summed E-state index contributed by atoms with van der Waals surface area (Å²) in [7, 11) is 0. The second-order valence-electron chi connectivity index (χ2n) is 5.98. The maximum absolute atomic E-state index is 12.2. The highest BCUT2D eigenvalue weighted by Gasteiger charge is 2.32. The van der Waals surface area contributed by atoms with Gasteiger partial charge in [0.05, 0.1) is 26.1 Å². The van der Waals surface area contributed by atoms with Crippen molar-refractivity contribution in [2.45, 2.75) is 19.4 Å². The molecule has 1 aromatic heterocycles. The van der Waals surface area contributed by atoms with Gasteiger partial charge in [-0.25, -0.2) is 0 Å². The summed E-state index contributed by atoms with van der Waals surface area (Å²) in [6.07, 6.45) is 2.60. The molecular weight excluding hydrogens is 284 g/mol. The number of ether oxygens (including phenoxy) is 2. The molecule has 1 amide bonds. The zero-order chi connectivity index (χ0) is 15.4. The molecule has 0 aliphatic carbocycles. The lowest BCUT2D eigenvalue weighted by Crippen LogP contribution is -2.52. The molecule has 6 heteroatoms. The Bertz CT molecular complexity index is 490. The van der Waals surface area contributed by atoms with Crippen molar-refractivity contribution < 1.29 is 18.7 Å². The van der Waals surface area contributed by atoms with Crippen LogP contribution in [0.3, 0.4) is 0 Å². The fourth-order valence-electron chi connectivity index (χ4n) is 3.24. The molecule has 1 aromatic rings. The zero-order valence-corrected chi connectivity index (χ0v) is 13.0. The third kappa shape index (κ3) is 3.51. The second kappa shape index (κ2) is 7.26. The van der Waals surface area contributed by atoms with Gasteiger partial charge in [0.15, 0.2) is 5.76 Å². The van der Waals surface area contributed by atoms with Gasteiger partial charge < -0.3 is 19.2 Å². The Morgan fingerprint density at radius 3 is 2.82 bits per heavy atom. The Kier molecular flexibility index (Phi) is 5.12. The molecule has 22 heavy (non-hydrogen) atoms. The van der Waals surface area contributed by atoms with Gasteiger partial charge in [0, 0.05) is 43.8 Å². The van der Waals surface area contributed by atoms with Gasteiger partial charge in [0.25, 0.3) is 5.91 Å². The summed E-state index contributed by atoms with van der Waals surface area (Å²) in [5, 5.41) is 3.03. The van der Waals surface area contributed by atoms with Crippen LogP contribution in [0, 0.1) is 12.8 Å². The number of nitrogens with zero attached hydrogens (tertiary/aromatic N) is 1. The topological polar surface area (TPSA) is 63.9 Å². The average molecular weight is 308 g/mol. The van der Waals surface area contributed by atoms with Gasteiger partial charge >= 0.3 is 0 Å². The second-order valence-corrected chi connectivity index (χ2v) is 5.98. The summed E-state index contributed by atoms with van der Waals surface area (Å²) >= 11 is 0. The number of aryl methyl sites for hydroxylation is 1. The van der Waals surface area contributed by atoms with E-state index in [0.717, 1.165) is 51.5 Å². The molecule has 3 heterocycles. The molecule has 0 saturated carbocycles. The molecule has 1 N–H and O–H groups in total. The number of morpholine rings is 1. The predicted molar refractivity (Wildman–Crippen MR) is 80.9 cm³/mol.